The van der Waals surface area contributed by atoms with Gasteiger partial charge in [0.2, 0.25) is 0 Å². The average molecular weight is 310 g/mol. The lowest BCUT2D eigenvalue weighted by molar-refractivity contribution is 0.603. The Morgan fingerprint density at radius 1 is 1.09 bits per heavy atom. The van der Waals surface area contributed by atoms with Crippen molar-refractivity contribution in [2.45, 2.75) is 0 Å². The number of aromatic amines is 1. The molecule has 0 bridgehead atoms. The second kappa shape index (κ2) is 5.01. The van der Waals surface area contributed by atoms with Crippen LogP contribution in [0.2, 0.25) is 0 Å². The monoisotopic (exact) mass is 310 g/mol. The summed E-state index contributed by atoms with van der Waals surface area (Å²) in [6.07, 6.45) is 6.96. The number of aryl methyl sites for hydroxylation is 1. The van der Waals surface area contributed by atoms with Crippen LogP contribution in [0.5, 0.6) is 0 Å². The number of rotatable bonds is 2. The quantitative estimate of drug-likeness (QED) is 0.610. The van der Waals surface area contributed by atoms with Gasteiger partial charge in [0.25, 0.3) is 0 Å². The van der Waals surface area contributed by atoms with Crippen LogP contribution in [0, 0.1) is 11.6 Å². The minimum atomic E-state index is -0.482. The van der Waals surface area contributed by atoms with E-state index < -0.39 is 11.6 Å². The van der Waals surface area contributed by atoms with Gasteiger partial charge < -0.3 is 4.98 Å². The number of hydrogen-bond donors (Lipinski definition) is 1. The zero-order valence-corrected chi connectivity index (χ0v) is 12.2. The first kappa shape index (κ1) is 13.6. The Morgan fingerprint density at radius 3 is 2.74 bits per heavy atom. The Morgan fingerprint density at radius 2 is 1.96 bits per heavy atom. The van der Waals surface area contributed by atoms with Gasteiger partial charge >= 0.3 is 0 Å². The highest BCUT2D eigenvalue weighted by molar-refractivity contribution is 6.03. The smallest absolute Gasteiger partial charge is 0.138 e. The van der Waals surface area contributed by atoms with Gasteiger partial charge in [-0.2, -0.15) is 5.10 Å². The summed E-state index contributed by atoms with van der Waals surface area (Å²) in [4.78, 5) is 7.35. The van der Waals surface area contributed by atoms with Crippen molar-refractivity contribution in [1.82, 2.24) is 19.7 Å². The Bertz CT molecular complexity index is 1020. The molecule has 0 aliphatic carbocycles. The second-order valence-corrected chi connectivity index (χ2v) is 5.31. The molecular formula is C17H12F2N4. The number of benzene rings is 1. The summed E-state index contributed by atoms with van der Waals surface area (Å²) >= 11 is 0. The molecule has 1 N–H and O–H groups in total. The number of aromatic nitrogens is 4. The van der Waals surface area contributed by atoms with Crippen molar-refractivity contribution in [3.8, 4) is 22.3 Å². The maximum atomic E-state index is 14.2. The van der Waals surface area contributed by atoms with E-state index in [0.717, 1.165) is 28.6 Å². The molecule has 3 aromatic heterocycles. The maximum Gasteiger partial charge on any atom is 0.138 e. The van der Waals surface area contributed by atoms with E-state index >= 15 is 0 Å². The van der Waals surface area contributed by atoms with Gasteiger partial charge in [-0.15, -0.1) is 0 Å². The maximum absolute atomic E-state index is 14.2. The molecule has 0 unspecified atom stereocenters. The third kappa shape index (κ3) is 2.19. The van der Waals surface area contributed by atoms with Gasteiger partial charge in [-0.3, -0.25) is 4.68 Å². The van der Waals surface area contributed by atoms with Crippen LogP contribution in [-0.2, 0) is 7.05 Å². The zero-order chi connectivity index (χ0) is 16.0. The predicted octanol–water partition coefficient (Wildman–Crippen LogP) is 3.91. The molecule has 0 aliphatic rings. The summed E-state index contributed by atoms with van der Waals surface area (Å²) in [6.45, 7) is 0. The van der Waals surface area contributed by atoms with E-state index in [-0.39, 0.29) is 5.56 Å². The SMILES string of the molecule is Cn1cc(-c2c[nH]c3nccc(-c4cc(F)ccc4F)c23)cn1. The van der Waals surface area contributed by atoms with E-state index in [1.807, 2.05) is 13.2 Å². The van der Waals surface area contributed by atoms with Crippen LogP contribution >= 0.6 is 0 Å². The van der Waals surface area contributed by atoms with E-state index in [1.165, 1.54) is 6.07 Å². The molecule has 1 aromatic carbocycles. The minimum Gasteiger partial charge on any atom is -0.345 e. The zero-order valence-electron chi connectivity index (χ0n) is 12.2. The normalized spacial score (nSPS) is 11.3. The summed E-state index contributed by atoms with van der Waals surface area (Å²) in [6, 6.07) is 5.13. The molecule has 114 valence electrons. The lowest BCUT2D eigenvalue weighted by atomic mass is 9.99. The molecule has 0 atom stereocenters. The van der Waals surface area contributed by atoms with Gasteiger partial charge in [-0.05, 0) is 29.8 Å². The Hall–Kier alpha value is -3.02. The second-order valence-electron chi connectivity index (χ2n) is 5.31. The fourth-order valence-electron chi connectivity index (χ4n) is 2.77. The molecule has 6 heteroatoms. The van der Waals surface area contributed by atoms with E-state index in [4.69, 9.17) is 0 Å². The number of H-pyrrole nitrogens is 1. The summed E-state index contributed by atoms with van der Waals surface area (Å²) < 4.78 is 29.5. The van der Waals surface area contributed by atoms with E-state index in [9.17, 15) is 8.78 Å². The van der Waals surface area contributed by atoms with Crippen molar-refractivity contribution >= 4 is 11.0 Å². The summed E-state index contributed by atoms with van der Waals surface area (Å²) in [5.74, 6) is -0.956. The molecule has 4 aromatic rings. The molecule has 0 saturated carbocycles. The van der Waals surface area contributed by atoms with Crippen LogP contribution in [0.3, 0.4) is 0 Å². The van der Waals surface area contributed by atoms with Crippen LogP contribution in [0.1, 0.15) is 0 Å². The molecule has 4 rings (SSSR count). The van der Waals surface area contributed by atoms with Gasteiger partial charge in [0.15, 0.2) is 0 Å². The fraction of sp³-hybridized carbons (Fsp3) is 0.0588. The van der Waals surface area contributed by atoms with Crippen LogP contribution in [0.25, 0.3) is 33.3 Å². The molecule has 0 spiro atoms. The molecule has 0 radical (unpaired) electrons. The average Bonchev–Trinajstić information content (AvgIpc) is 3.15. The number of nitrogens with zero attached hydrogens (tertiary/aromatic N) is 3. The van der Waals surface area contributed by atoms with Gasteiger partial charge in [-0.25, -0.2) is 13.8 Å². The van der Waals surface area contributed by atoms with E-state index in [1.54, 1.807) is 29.3 Å². The summed E-state index contributed by atoms with van der Waals surface area (Å²) in [5, 5.41) is 4.90. The van der Waals surface area contributed by atoms with Crippen LogP contribution in [0.15, 0.2) is 49.1 Å². The number of halogens is 2. The lowest BCUT2D eigenvalue weighted by Crippen LogP contribution is -1.89. The highest BCUT2D eigenvalue weighted by atomic mass is 19.1. The van der Waals surface area contributed by atoms with Crippen LogP contribution < -0.4 is 0 Å². The highest BCUT2D eigenvalue weighted by Gasteiger charge is 2.16. The highest BCUT2D eigenvalue weighted by Crippen LogP contribution is 2.36. The Balaban J connectivity index is 2.04. The summed E-state index contributed by atoms with van der Waals surface area (Å²) in [5.41, 5.74) is 3.14. The molecule has 0 saturated heterocycles. The summed E-state index contributed by atoms with van der Waals surface area (Å²) in [7, 11) is 1.82. The fourth-order valence-corrected chi connectivity index (χ4v) is 2.77. The van der Waals surface area contributed by atoms with Crippen molar-refractivity contribution in [2.75, 3.05) is 0 Å². The van der Waals surface area contributed by atoms with Crippen molar-refractivity contribution in [1.29, 1.82) is 0 Å². The molecule has 23 heavy (non-hydrogen) atoms. The van der Waals surface area contributed by atoms with Gasteiger partial charge in [0.05, 0.1) is 6.20 Å². The van der Waals surface area contributed by atoms with Crippen molar-refractivity contribution < 1.29 is 8.78 Å². The van der Waals surface area contributed by atoms with Gasteiger partial charge in [-0.1, -0.05) is 0 Å². The largest absolute Gasteiger partial charge is 0.345 e. The number of pyridine rings is 1. The van der Waals surface area contributed by atoms with E-state index in [0.29, 0.717) is 11.2 Å². The number of fused-ring (bicyclic) bond motifs is 1. The molecule has 0 fully saturated rings. The third-order valence-electron chi connectivity index (χ3n) is 3.81. The first-order valence-corrected chi connectivity index (χ1v) is 7.04. The van der Waals surface area contributed by atoms with Gasteiger partial charge in [0.1, 0.15) is 17.3 Å². The predicted molar refractivity (Wildman–Crippen MR) is 83.6 cm³/mol. The van der Waals surface area contributed by atoms with Crippen molar-refractivity contribution in [3.05, 3.63) is 60.7 Å². The first-order chi connectivity index (χ1) is 11.1. The van der Waals surface area contributed by atoms with E-state index in [2.05, 4.69) is 15.1 Å². The number of hydrogen-bond acceptors (Lipinski definition) is 2. The number of nitrogens with one attached hydrogen (secondary N) is 1. The first-order valence-electron chi connectivity index (χ1n) is 7.04. The Labute approximate surface area is 130 Å². The molecule has 0 amide bonds. The van der Waals surface area contributed by atoms with Gasteiger partial charge in [0, 0.05) is 47.7 Å². The lowest BCUT2D eigenvalue weighted by Gasteiger charge is -2.07. The van der Waals surface area contributed by atoms with Crippen LogP contribution in [0.4, 0.5) is 8.78 Å². The minimum absolute atomic E-state index is 0.210. The molecular weight excluding hydrogens is 298 g/mol. The molecule has 0 aliphatic heterocycles. The molecule has 3 heterocycles. The topological polar surface area (TPSA) is 46.5 Å². The van der Waals surface area contributed by atoms with Crippen molar-refractivity contribution in [3.63, 3.8) is 0 Å². The third-order valence-corrected chi connectivity index (χ3v) is 3.81. The van der Waals surface area contributed by atoms with Crippen molar-refractivity contribution in [2.24, 2.45) is 7.05 Å². The molecule has 4 nitrogen and oxygen atoms in total. The van der Waals surface area contributed by atoms with Crippen LogP contribution in [-0.4, -0.2) is 19.7 Å². The Kier molecular flexibility index (Phi) is 2.97. The standard InChI is InChI=1S/C17H12F2N4/c1-23-9-10(7-22-23)14-8-21-17-16(14)12(4-5-20-17)13-6-11(18)2-3-15(13)19/h2-9H,1H3,(H,20,21).